The van der Waals surface area contributed by atoms with Gasteiger partial charge in [-0.05, 0) is 30.0 Å². The first kappa shape index (κ1) is 11.8. The van der Waals surface area contributed by atoms with Gasteiger partial charge in [0, 0.05) is 5.92 Å². The Hall–Kier alpha value is -1.22. The molecule has 2 unspecified atom stereocenters. The molecular formula is C15H20O3. The maximum absolute atomic E-state index is 10.2. The normalized spacial score (nSPS) is 24.4. The van der Waals surface area contributed by atoms with E-state index in [1.54, 1.807) is 0 Å². The van der Waals surface area contributed by atoms with Crippen molar-refractivity contribution in [2.24, 2.45) is 11.8 Å². The van der Waals surface area contributed by atoms with Crippen molar-refractivity contribution in [1.82, 2.24) is 0 Å². The van der Waals surface area contributed by atoms with Gasteiger partial charge in [0.05, 0.1) is 19.3 Å². The van der Waals surface area contributed by atoms with Gasteiger partial charge in [-0.25, -0.2) is 0 Å². The first-order valence-electron chi connectivity index (χ1n) is 6.80. The molecule has 1 aromatic carbocycles. The van der Waals surface area contributed by atoms with Crippen molar-refractivity contribution in [2.75, 3.05) is 13.2 Å². The van der Waals surface area contributed by atoms with Crippen LogP contribution in [-0.2, 0) is 0 Å². The molecule has 3 rings (SSSR count). The number of fused-ring (bicyclic) bond motifs is 1. The second-order valence-electron chi connectivity index (χ2n) is 5.63. The van der Waals surface area contributed by atoms with Gasteiger partial charge in [-0.15, -0.1) is 0 Å². The van der Waals surface area contributed by atoms with Crippen molar-refractivity contribution in [2.45, 2.75) is 32.3 Å². The van der Waals surface area contributed by atoms with Gasteiger partial charge in [0.1, 0.15) is 0 Å². The Balaban J connectivity index is 1.76. The minimum atomic E-state index is -0.368. The Morgan fingerprint density at radius 2 is 1.94 bits per heavy atom. The third-order valence-corrected chi connectivity index (χ3v) is 3.65. The summed E-state index contributed by atoms with van der Waals surface area (Å²) in [4.78, 5) is 0. The van der Waals surface area contributed by atoms with E-state index in [1.807, 2.05) is 18.2 Å². The topological polar surface area (TPSA) is 38.7 Å². The molecule has 0 bridgehead atoms. The average Bonchev–Trinajstić information content (AvgIpc) is 3.18. The molecule has 1 heterocycles. The molecule has 0 aromatic heterocycles. The third kappa shape index (κ3) is 2.61. The molecule has 0 spiro atoms. The van der Waals surface area contributed by atoms with Crippen LogP contribution in [0.5, 0.6) is 11.5 Å². The second-order valence-corrected chi connectivity index (χ2v) is 5.63. The smallest absolute Gasteiger partial charge is 0.161 e. The lowest BCUT2D eigenvalue weighted by Crippen LogP contribution is -2.12. The maximum atomic E-state index is 10.2. The molecule has 2 aliphatic rings. The van der Waals surface area contributed by atoms with Crippen molar-refractivity contribution >= 4 is 0 Å². The summed E-state index contributed by atoms with van der Waals surface area (Å²) in [5.41, 5.74) is 0.943. The van der Waals surface area contributed by atoms with E-state index in [1.165, 1.54) is 12.8 Å². The molecule has 2 atom stereocenters. The van der Waals surface area contributed by atoms with E-state index in [0.29, 0.717) is 19.1 Å². The summed E-state index contributed by atoms with van der Waals surface area (Å²) in [5.74, 6) is 2.68. The zero-order chi connectivity index (χ0) is 12.5. The summed E-state index contributed by atoms with van der Waals surface area (Å²) in [7, 11) is 0. The highest BCUT2D eigenvalue weighted by Gasteiger charge is 2.26. The monoisotopic (exact) mass is 248 g/mol. The summed E-state index contributed by atoms with van der Waals surface area (Å²) < 4.78 is 11.4. The predicted octanol–water partition coefficient (Wildman–Crippen LogP) is 2.93. The van der Waals surface area contributed by atoms with E-state index in [0.717, 1.165) is 29.4 Å². The van der Waals surface area contributed by atoms with E-state index >= 15 is 0 Å². The lowest BCUT2D eigenvalue weighted by Gasteiger charge is -2.13. The fourth-order valence-electron chi connectivity index (χ4n) is 2.28. The van der Waals surface area contributed by atoms with Gasteiger partial charge in [-0.2, -0.15) is 0 Å². The fourth-order valence-corrected chi connectivity index (χ4v) is 2.28. The standard InChI is InChI=1S/C15H20O3/c1-10-8-17-14-5-4-12(7-15(14)18-9-10)13(16)6-11-2-3-11/h4-5,7,10-11,13,16H,2-3,6,8-9H2,1H3. The number of aliphatic hydroxyl groups is 1. The van der Waals surface area contributed by atoms with Gasteiger partial charge >= 0.3 is 0 Å². The van der Waals surface area contributed by atoms with Crippen LogP contribution in [0.4, 0.5) is 0 Å². The summed E-state index contributed by atoms with van der Waals surface area (Å²) in [6.45, 7) is 3.47. The Morgan fingerprint density at radius 1 is 1.22 bits per heavy atom. The second kappa shape index (κ2) is 4.81. The number of hydrogen-bond acceptors (Lipinski definition) is 3. The van der Waals surface area contributed by atoms with Gasteiger partial charge in [0.2, 0.25) is 0 Å². The minimum absolute atomic E-state index is 0.368. The molecule has 1 aliphatic carbocycles. The first-order chi connectivity index (χ1) is 8.72. The van der Waals surface area contributed by atoms with E-state index < -0.39 is 0 Å². The largest absolute Gasteiger partial charge is 0.489 e. The highest BCUT2D eigenvalue weighted by Crippen LogP contribution is 2.39. The quantitative estimate of drug-likeness (QED) is 0.893. The van der Waals surface area contributed by atoms with Gasteiger partial charge in [-0.3, -0.25) is 0 Å². The van der Waals surface area contributed by atoms with Crippen molar-refractivity contribution in [3.8, 4) is 11.5 Å². The highest BCUT2D eigenvalue weighted by molar-refractivity contribution is 5.44. The Labute approximate surface area is 108 Å². The third-order valence-electron chi connectivity index (χ3n) is 3.65. The molecule has 98 valence electrons. The van der Waals surface area contributed by atoms with Gasteiger partial charge < -0.3 is 14.6 Å². The summed E-state index contributed by atoms with van der Waals surface area (Å²) in [6, 6.07) is 5.80. The average molecular weight is 248 g/mol. The van der Waals surface area contributed by atoms with Crippen LogP contribution in [0.2, 0.25) is 0 Å². The Bertz CT molecular complexity index is 426. The van der Waals surface area contributed by atoms with Crippen LogP contribution in [-0.4, -0.2) is 18.3 Å². The lowest BCUT2D eigenvalue weighted by molar-refractivity contribution is 0.159. The zero-order valence-corrected chi connectivity index (χ0v) is 10.8. The molecule has 0 amide bonds. The van der Waals surface area contributed by atoms with Gasteiger partial charge in [-0.1, -0.05) is 25.8 Å². The molecule has 3 nitrogen and oxygen atoms in total. The van der Waals surface area contributed by atoms with Crippen LogP contribution in [0.3, 0.4) is 0 Å². The summed E-state index contributed by atoms with van der Waals surface area (Å²) >= 11 is 0. The minimum Gasteiger partial charge on any atom is -0.489 e. The molecule has 1 N–H and O–H groups in total. The molecule has 0 radical (unpaired) electrons. The van der Waals surface area contributed by atoms with Crippen LogP contribution in [0, 0.1) is 11.8 Å². The Kier molecular flexibility index (Phi) is 3.16. The van der Waals surface area contributed by atoms with Crippen molar-refractivity contribution in [1.29, 1.82) is 0 Å². The van der Waals surface area contributed by atoms with E-state index in [-0.39, 0.29) is 6.10 Å². The molecule has 0 saturated heterocycles. The summed E-state index contributed by atoms with van der Waals surface area (Å²) in [5, 5.41) is 10.2. The van der Waals surface area contributed by atoms with Crippen molar-refractivity contribution in [3.05, 3.63) is 23.8 Å². The van der Waals surface area contributed by atoms with E-state index in [2.05, 4.69) is 6.92 Å². The fraction of sp³-hybridized carbons (Fsp3) is 0.600. The van der Waals surface area contributed by atoms with E-state index in [9.17, 15) is 5.11 Å². The first-order valence-corrected chi connectivity index (χ1v) is 6.80. The molecule has 1 aliphatic heterocycles. The van der Waals surface area contributed by atoms with Crippen LogP contribution in [0.15, 0.2) is 18.2 Å². The molecular weight excluding hydrogens is 228 g/mol. The van der Waals surface area contributed by atoms with Crippen molar-refractivity contribution < 1.29 is 14.6 Å². The molecule has 18 heavy (non-hydrogen) atoms. The zero-order valence-electron chi connectivity index (χ0n) is 10.8. The van der Waals surface area contributed by atoms with Crippen molar-refractivity contribution in [3.63, 3.8) is 0 Å². The molecule has 3 heteroatoms. The van der Waals surface area contributed by atoms with Crippen LogP contribution >= 0.6 is 0 Å². The van der Waals surface area contributed by atoms with Gasteiger partial charge in [0.25, 0.3) is 0 Å². The number of hydrogen-bond donors (Lipinski definition) is 1. The number of benzene rings is 1. The molecule has 1 saturated carbocycles. The van der Waals surface area contributed by atoms with Crippen LogP contribution < -0.4 is 9.47 Å². The number of rotatable bonds is 3. The van der Waals surface area contributed by atoms with Crippen LogP contribution in [0.25, 0.3) is 0 Å². The SMILES string of the molecule is CC1COc2ccc(C(O)CC3CC3)cc2OC1. The molecule has 1 fully saturated rings. The number of ether oxygens (including phenoxy) is 2. The Morgan fingerprint density at radius 3 is 2.67 bits per heavy atom. The maximum Gasteiger partial charge on any atom is 0.161 e. The lowest BCUT2D eigenvalue weighted by atomic mass is 10.0. The van der Waals surface area contributed by atoms with Crippen LogP contribution in [0.1, 0.15) is 37.9 Å². The predicted molar refractivity (Wildman–Crippen MR) is 68.9 cm³/mol. The van der Waals surface area contributed by atoms with E-state index in [4.69, 9.17) is 9.47 Å². The summed E-state index contributed by atoms with van der Waals surface area (Å²) in [6.07, 6.45) is 3.03. The molecule has 1 aromatic rings. The highest BCUT2D eigenvalue weighted by atomic mass is 16.5. The van der Waals surface area contributed by atoms with Gasteiger partial charge in [0.15, 0.2) is 11.5 Å². The number of aliphatic hydroxyl groups excluding tert-OH is 1.